The lowest BCUT2D eigenvalue weighted by molar-refractivity contribution is 0.451. The fourth-order valence-corrected chi connectivity index (χ4v) is 1.85. The van der Waals surface area contributed by atoms with E-state index < -0.39 is 33.4 Å². The highest BCUT2D eigenvalue weighted by Crippen LogP contribution is 2.31. The van der Waals surface area contributed by atoms with E-state index in [4.69, 9.17) is 0 Å². The minimum absolute atomic E-state index is 0.361. The lowest BCUT2D eigenvalue weighted by Gasteiger charge is -2.09. The molecule has 0 aliphatic heterocycles. The third kappa shape index (κ3) is 3.05. The number of hydrogen-bond donors (Lipinski definition) is 1. The van der Waals surface area contributed by atoms with E-state index in [-0.39, 0.29) is 0 Å². The molecule has 0 fully saturated rings. The molecule has 0 aliphatic rings. The average Bonchev–Trinajstić information content (AvgIpc) is 2.51. The topological polar surface area (TPSA) is 37.3 Å². The van der Waals surface area contributed by atoms with E-state index in [1.807, 2.05) is 5.43 Å². The summed E-state index contributed by atoms with van der Waals surface area (Å²) in [5.41, 5.74) is 2.00. The largest absolute Gasteiger partial charge is 0.272 e. The SMILES string of the molecule is C/C(=N/Nc1c(F)c(F)c(Br)c(F)c1F)c1ccncc1. The van der Waals surface area contributed by atoms with Gasteiger partial charge in [-0.1, -0.05) is 0 Å². The summed E-state index contributed by atoms with van der Waals surface area (Å²) in [5, 5.41) is 3.71. The first-order valence-corrected chi connectivity index (χ1v) is 6.45. The van der Waals surface area contributed by atoms with E-state index in [0.717, 1.165) is 0 Å². The van der Waals surface area contributed by atoms with E-state index in [0.29, 0.717) is 11.3 Å². The third-order valence-corrected chi connectivity index (χ3v) is 3.34. The molecule has 0 radical (unpaired) electrons. The molecule has 110 valence electrons. The van der Waals surface area contributed by atoms with Crippen molar-refractivity contribution in [3.8, 4) is 0 Å². The van der Waals surface area contributed by atoms with Gasteiger partial charge in [0.25, 0.3) is 0 Å². The molecule has 0 saturated carbocycles. The van der Waals surface area contributed by atoms with E-state index in [9.17, 15) is 17.6 Å². The van der Waals surface area contributed by atoms with Crippen LogP contribution >= 0.6 is 15.9 Å². The summed E-state index contributed by atoms with van der Waals surface area (Å²) >= 11 is 2.43. The lowest BCUT2D eigenvalue weighted by atomic mass is 10.2. The van der Waals surface area contributed by atoms with Gasteiger partial charge in [0.05, 0.1) is 10.2 Å². The van der Waals surface area contributed by atoms with Crippen molar-refractivity contribution in [2.45, 2.75) is 6.92 Å². The molecule has 0 atom stereocenters. The zero-order chi connectivity index (χ0) is 15.6. The summed E-state index contributed by atoms with van der Waals surface area (Å²) in [6.45, 7) is 1.56. The molecule has 1 aromatic carbocycles. The average molecular weight is 362 g/mol. The van der Waals surface area contributed by atoms with Crippen molar-refractivity contribution in [3.05, 3.63) is 57.8 Å². The number of nitrogens with zero attached hydrogens (tertiary/aromatic N) is 2. The fourth-order valence-electron chi connectivity index (χ4n) is 1.50. The smallest absolute Gasteiger partial charge is 0.188 e. The summed E-state index contributed by atoms with van der Waals surface area (Å²) in [7, 11) is 0. The summed E-state index contributed by atoms with van der Waals surface area (Å²) < 4.78 is 53.0. The number of anilines is 1. The van der Waals surface area contributed by atoms with Gasteiger partial charge in [-0.25, -0.2) is 17.6 Å². The van der Waals surface area contributed by atoms with Crippen molar-refractivity contribution in [3.63, 3.8) is 0 Å². The summed E-state index contributed by atoms with van der Waals surface area (Å²) in [4.78, 5) is 3.81. The second-order valence-electron chi connectivity index (χ2n) is 3.99. The molecule has 0 amide bonds. The molecular formula is C13H8BrF4N3. The predicted octanol–water partition coefficient (Wildman–Crippen LogP) is 4.24. The normalized spacial score (nSPS) is 11.6. The predicted molar refractivity (Wildman–Crippen MR) is 74.0 cm³/mol. The standard InChI is InChI=1S/C13H8BrF4N3/c1-6(7-2-4-19-5-3-7)20-21-13-11(17)9(15)8(14)10(16)12(13)18/h2-5,21H,1H3/b20-6-. The summed E-state index contributed by atoms with van der Waals surface area (Å²) in [5.74, 6) is -6.19. The highest BCUT2D eigenvalue weighted by molar-refractivity contribution is 9.10. The van der Waals surface area contributed by atoms with Gasteiger partial charge in [0.2, 0.25) is 0 Å². The van der Waals surface area contributed by atoms with Crippen LogP contribution in [0.1, 0.15) is 12.5 Å². The second-order valence-corrected chi connectivity index (χ2v) is 4.78. The van der Waals surface area contributed by atoms with Crippen molar-refractivity contribution in [1.82, 2.24) is 4.98 Å². The Hall–Kier alpha value is -1.96. The molecule has 21 heavy (non-hydrogen) atoms. The van der Waals surface area contributed by atoms with Gasteiger partial charge < -0.3 is 0 Å². The lowest BCUT2D eigenvalue weighted by Crippen LogP contribution is -2.06. The zero-order valence-corrected chi connectivity index (χ0v) is 12.2. The minimum atomic E-state index is -1.56. The Balaban J connectivity index is 2.37. The maximum Gasteiger partial charge on any atom is 0.188 e. The van der Waals surface area contributed by atoms with Gasteiger partial charge >= 0.3 is 0 Å². The maximum absolute atomic E-state index is 13.6. The van der Waals surface area contributed by atoms with E-state index in [2.05, 4.69) is 26.0 Å². The van der Waals surface area contributed by atoms with Crippen LogP contribution in [0.15, 0.2) is 34.1 Å². The molecule has 3 nitrogen and oxygen atoms in total. The monoisotopic (exact) mass is 361 g/mol. The van der Waals surface area contributed by atoms with Crippen LogP contribution in [-0.2, 0) is 0 Å². The van der Waals surface area contributed by atoms with Crippen LogP contribution in [0.3, 0.4) is 0 Å². The summed E-state index contributed by atoms with van der Waals surface area (Å²) in [6.07, 6.45) is 3.02. The van der Waals surface area contributed by atoms with Gasteiger partial charge in [-0.15, -0.1) is 0 Å². The van der Waals surface area contributed by atoms with Crippen molar-refractivity contribution in [2.24, 2.45) is 5.10 Å². The molecule has 2 aromatic rings. The number of benzene rings is 1. The second kappa shape index (κ2) is 6.21. The molecule has 0 bridgehead atoms. The molecule has 1 heterocycles. The van der Waals surface area contributed by atoms with Gasteiger partial charge in [-0.2, -0.15) is 5.10 Å². The van der Waals surface area contributed by atoms with Crippen LogP contribution in [0.4, 0.5) is 23.2 Å². The Morgan fingerprint density at radius 1 is 1.05 bits per heavy atom. The molecule has 0 unspecified atom stereocenters. The fraction of sp³-hybridized carbons (Fsp3) is 0.0769. The van der Waals surface area contributed by atoms with Crippen LogP contribution in [0.5, 0.6) is 0 Å². The Morgan fingerprint density at radius 3 is 2.10 bits per heavy atom. The van der Waals surface area contributed by atoms with E-state index >= 15 is 0 Å². The number of hydrazone groups is 1. The quantitative estimate of drug-likeness (QED) is 0.292. The first-order chi connectivity index (χ1) is 9.93. The number of aromatic nitrogens is 1. The van der Waals surface area contributed by atoms with Crippen LogP contribution in [-0.4, -0.2) is 10.7 Å². The van der Waals surface area contributed by atoms with Crippen LogP contribution in [0.25, 0.3) is 0 Å². The maximum atomic E-state index is 13.6. The molecule has 0 aliphatic carbocycles. The van der Waals surface area contributed by atoms with Gasteiger partial charge in [-0.05, 0) is 35.0 Å². The highest BCUT2D eigenvalue weighted by Gasteiger charge is 2.24. The number of rotatable bonds is 3. The van der Waals surface area contributed by atoms with Gasteiger partial charge in [-0.3, -0.25) is 10.4 Å². The van der Waals surface area contributed by atoms with Gasteiger partial charge in [0.1, 0.15) is 5.69 Å². The van der Waals surface area contributed by atoms with Gasteiger partial charge in [0.15, 0.2) is 23.3 Å². The zero-order valence-electron chi connectivity index (χ0n) is 10.6. The number of hydrogen-bond acceptors (Lipinski definition) is 3. The van der Waals surface area contributed by atoms with Crippen molar-refractivity contribution in [1.29, 1.82) is 0 Å². The van der Waals surface area contributed by atoms with Crippen molar-refractivity contribution < 1.29 is 17.6 Å². The Morgan fingerprint density at radius 2 is 1.57 bits per heavy atom. The van der Waals surface area contributed by atoms with E-state index in [1.165, 1.54) is 12.4 Å². The van der Waals surface area contributed by atoms with Crippen LogP contribution in [0.2, 0.25) is 0 Å². The summed E-state index contributed by atoms with van der Waals surface area (Å²) in [6, 6.07) is 3.24. The molecule has 1 aromatic heterocycles. The first-order valence-electron chi connectivity index (χ1n) is 5.65. The Bertz CT molecular complexity index is 675. The highest BCUT2D eigenvalue weighted by atomic mass is 79.9. The van der Waals surface area contributed by atoms with Gasteiger partial charge in [0, 0.05) is 18.0 Å². The minimum Gasteiger partial charge on any atom is -0.272 e. The third-order valence-electron chi connectivity index (χ3n) is 2.64. The molecule has 2 rings (SSSR count). The molecule has 8 heteroatoms. The molecule has 0 saturated heterocycles. The molecular weight excluding hydrogens is 354 g/mol. The van der Waals surface area contributed by atoms with Crippen molar-refractivity contribution >= 4 is 27.3 Å². The number of pyridine rings is 1. The van der Waals surface area contributed by atoms with Crippen LogP contribution in [0, 0.1) is 23.3 Å². The Labute approximate surface area is 125 Å². The number of halogens is 5. The number of nitrogens with one attached hydrogen (secondary N) is 1. The molecule has 1 N–H and O–H groups in total. The Kier molecular flexibility index (Phi) is 4.56. The van der Waals surface area contributed by atoms with Crippen molar-refractivity contribution in [2.75, 3.05) is 5.43 Å². The first kappa shape index (κ1) is 15.4. The molecule has 0 spiro atoms. The van der Waals surface area contributed by atoms with E-state index in [1.54, 1.807) is 19.1 Å². The van der Waals surface area contributed by atoms with Crippen LogP contribution < -0.4 is 5.43 Å².